The van der Waals surface area contributed by atoms with Crippen LogP contribution in [-0.2, 0) is 0 Å². The first kappa shape index (κ1) is 14.3. The molecule has 1 aliphatic carbocycles. The van der Waals surface area contributed by atoms with Gasteiger partial charge in [0.2, 0.25) is 5.78 Å². The van der Waals surface area contributed by atoms with Gasteiger partial charge in [0.15, 0.2) is 5.78 Å². The molecule has 4 rings (SSSR count). The fourth-order valence-electron chi connectivity index (χ4n) is 3.29. The lowest BCUT2D eigenvalue weighted by atomic mass is 9.81. The van der Waals surface area contributed by atoms with Crippen LogP contribution in [0.5, 0.6) is 17.2 Å². The third-order valence-corrected chi connectivity index (χ3v) is 4.32. The quantitative estimate of drug-likeness (QED) is 0.463. The highest BCUT2D eigenvalue weighted by atomic mass is 16.3. The van der Waals surface area contributed by atoms with E-state index in [4.69, 9.17) is 0 Å². The number of ketones is 2. The minimum absolute atomic E-state index is 0.0631. The molecule has 3 N–H and O–H groups in total. The Balaban J connectivity index is 2.15. The zero-order valence-corrected chi connectivity index (χ0v) is 12.6. The van der Waals surface area contributed by atoms with Crippen molar-refractivity contribution in [3.8, 4) is 17.2 Å². The van der Waals surface area contributed by atoms with Crippen LogP contribution < -0.4 is 0 Å². The fourth-order valence-corrected chi connectivity index (χ4v) is 3.29. The van der Waals surface area contributed by atoms with Gasteiger partial charge in [0.1, 0.15) is 17.2 Å². The SMILES string of the molecule is Cc1cc(O)c2c(O)c3c(cc2c1)C(=O)c1cccc(O)c1C3=O. The minimum atomic E-state index is -0.642. The van der Waals surface area contributed by atoms with Gasteiger partial charge in [0.25, 0.3) is 0 Å². The number of carbonyl (C=O) groups excluding carboxylic acids is 2. The van der Waals surface area contributed by atoms with E-state index in [-0.39, 0.29) is 39.1 Å². The number of phenols is 3. The first-order valence-electron chi connectivity index (χ1n) is 7.31. The molecule has 0 atom stereocenters. The van der Waals surface area contributed by atoms with Crippen LogP contribution in [0.25, 0.3) is 10.8 Å². The second kappa shape index (κ2) is 4.58. The Hall–Kier alpha value is -3.34. The predicted molar refractivity (Wildman–Crippen MR) is 87.0 cm³/mol. The van der Waals surface area contributed by atoms with Crippen LogP contribution in [0.3, 0.4) is 0 Å². The summed E-state index contributed by atoms with van der Waals surface area (Å²) in [7, 11) is 0. The second-order valence-corrected chi connectivity index (χ2v) is 5.89. The maximum Gasteiger partial charge on any atom is 0.201 e. The molecule has 0 fully saturated rings. The molecule has 0 amide bonds. The average Bonchev–Trinajstić information content (AvgIpc) is 2.51. The van der Waals surface area contributed by atoms with Gasteiger partial charge >= 0.3 is 0 Å². The van der Waals surface area contributed by atoms with E-state index in [1.165, 1.54) is 30.3 Å². The Labute approximate surface area is 136 Å². The summed E-state index contributed by atoms with van der Waals surface area (Å²) >= 11 is 0. The Kier molecular flexibility index (Phi) is 2.72. The van der Waals surface area contributed by atoms with Gasteiger partial charge in [-0.3, -0.25) is 9.59 Å². The zero-order chi connectivity index (χ0) is 17.2. The molecular weight excluding hydrogens is 308 g/mol. The minimum Gasteiger partial charge on any atom is -0.507 e. The number of phenolic OH excluding ortho intramolecular Hbond substituents is 3. The van der Waals surface area contributed by atoms with E-state index in [2.05, 4.69) is 0 Å². The lowest BCUT2D eigenvalue weighted by Gasteiger charge is -2.20. The Morgan fingerprint density at radius 2 is 1.54 bits per heavy atom. The van der Waals surface area contributed by atoms with Crippen LogP contribution in [0.4, 0.5) is 0 Å². The standard InChI is InChI=1S/C19H12O5/c1-8-5-9-7-11-16(18(23)14(9)13(21)6-8)19(24)15-10(17(11)22)3-2-4-12(15)20/h2-7,20-21,23H,1H3. The van der Waals surface area contributed by atoms with Crippen molar-refractivity contribution in [2.24, 2.45) is 0 Å². The van der Waals surface area contributed by atoms with Gasteiger partial charge in [0.05, 0.1) is 16.5 Å². The molecule has 1 aliphatic rings. The van der Waals surface area contributed by atoms with Crippen molar-refractivity contribution < 1.29 is 24.9 Å². The number of benzene rings is 3. The van der Waals surface area contributed by atoms with Gasteiger partial charge in [-0.25, -0.2) is 0 Å². The summed E-state index contributed by atoms with van der Waals surface area (Å²) in [4.78, 5) is 25.5. The summed E-state index contributed by atoms with van der Waals surface area (Å²) in [6.07, 6.45) is 0. The van der Waals surface area contributed by atoms with Crippen molar-refractivity contribution in [1.29, 1.82) is 0 Å². The van der Waals surface area contributed by atoms with Crippen molar-refractivity contribution in [1.82, 2.24) is 0 Å². The Morgan fingerprint density at radius 1 is 0.792 bits per heavy atom. The molecule has 0 heterocycles. The van der Waals surface area contributed by atoms with Crippen LogP contribution in [0.2, 0.25) is 0 Å². The van der Waals surface area contributed by atoms with Crippen molar-refractivity contribution in [3.05, 3.63) is 64.2 Å². The monoisotopic (exact) mass is 320 g/mol. The van der Waals surface area contributed by atoms with E-state index in [1.54, 1.807) is 13.0 Å². The van der Waals surface area contributed by atoms with Crippen molar-refractivity contribution in [2.75, 3.05) is 0 Å². The molecule has 0 saturated carbocycles. The maximum absolute atomic E-state index is 12.8. The van der Waals surface area contributed by atoms with E-state index >= 15 is 0 Å². The molecule has 3 aromatic carbocycles. The second-order valence-electron chi connectivity index (χ2n) is 5.89. The molecule has 0 aliphatic heterocycles. The highest BCUT2D eigenvalue weighted by molar-refractivity contribution is 6.32. The van der Waals surface area contributed by atoms with Gasteiger partial charge in [0, 0.05) is 11.1 Å². The lowest BCUT2D eigenvalue weighted by Crippen LogP contribution is -2.21. The fraction of sp³-hybridized carbons (Fsp3) is 0.0526. The summed E-state index contributed by atoms with van der Waals surface area (Å²) in [5.74, 6) is -2.03. The number of hydrogen-bond acceptors (Lipinski definition) is 5. The topological polar surface area (TPSA) is 94.8 Å². The first-order valence-corrected chi connectivity index (χ1v) is 7.31. The van der Waals surface area contributed by atoms with Gasteiger partial charge in [-0.05, 0) is 36.1 Å². The molecule has 5 heteroatoms. The van der Waals surface area contributed by atoms with E-state index in [9.17, 15) is 24.9 Å². The van der Waals surface area contributed by atoms with Gasteiger partial charge in [-0.15, -0.1) is 0 Å². The molecular formula is C19H12O5. The van der Waals surface area contributed by atoms with Crippen molar-refractivity contribution in [2.45, 2.75) is 6.92 Å². The molecule has 118 valence electrons. The molecule has 0 saturated heterocycles. The molecule has 0 radical (unpaired) electrons. The van der Waals surface area contributed by atoms with Crippen LogP contribution >= 0.6 is 0 Å². The molecule has 5 nitrogen and oxygen atoms in total. The zero-order valence-electron chi connectivity index (χ0n) is 12.6. The van der Waals surface area contributed by atoms with Gasteiger partial charge in [-0.2, -0.15) is 0 Å². The number of fused-ring (bicyclic) bond motifs is 3. The summed E-state index contributed by atoms with van der Waals surface area (Å²) in [5.41, 5.74) is 0.597. The molecule has 3 aromatic rings. The van der Waals surface area contributed by atoms with Crippen LogP contribution in [0, 0.1) is 6.92 Å². The molecule has 24 heavy (non-hydrogen) atoms. The van der Waals surface area contributed by atoms with E-state index in [0.29, 0.717) is 5.39 Å². The number of rotatable bonds is 0. The third-order valence-electron chi connectivity index (χ3n) is 4.32. The smallest absolute Gasteiger partial charge is 0.201 e. The number of carbonyl (C=O) groups is 2. The van der Waals surface area contributed by atoms with Gasteiger partial charge in [-0.1, -0.05) is 18.2 Å². The summed E-state index contributed by atoms with van der Waals surface area (Å²) in [6, 6.07) is 8.94. The van der Waals surface area contributed by atoms with Crippen molar-refractivity contribution in [3.63, 3.8) is 0 Å². The van der Waals surface area contributed by atoms with E-state index < -0.39 is 17.3 Å². The average molecular weight is 320 g/mol. The lowest BCUT2D eigenvalue weighted by molar-refractivity contribution is 0.0974. The highest BCUT2D eigenvalue weighted by Crippen LogP contribution is 2.43. The van der Waals surface area contributed by atoms with Crippen LogP contribution in [0.1, 0.15) is 37.4 Å². The van der Waals surface area contributed by atoms with E-state index in [1.807, 2.05) is 0 Å². The molecule has 0 unspecified atom stereocenters. The summed E-state index contributed by atoms with van der Waals surface area (Å²) in [5, 5.41) is 31.2. The van der Waals surface area contributed by atoms with Crippen molar-refractivity contribution >= 4 is 22.3 Å². The number of aromatic hydroxyl groups is 3. The van der Waals surface area contributed by atoms with Gasteiger partial charge < -0.3 is 15.3 Å². The Morgan fingerprint density at radius 3 is 2.29 bits per heavy atom. The molecule has 0 aromatic heterocycles. The molecule has 0 bridgehead atoms. The van der Waals surface area contributed by atoms with Crippen LogP contribution in [-0.4, -0.2) is 26.9 Å². The molecule has 0 spiro atoms. The first-order chi connectivity index (χ1) is 11.4. The summed E-state index contributed by atoms with van der Waals surface area (Å²) < 4.78 is 0. The predicted octanol–water partition coefficient (Wildman–Crippen LogP) is 3.04. The Bertz CT molecular complexity index is 1080. The summed E-state index contributed by atoms with van der Waals surface area (Å²) in [6.45, 7) is 1.77. The highest BCUT2D eigenvalue weighted by Gasteiger charge is 2.35. The number of aryl methyl sites for hydroxylation is 1. The van der Waals surface area contributed by atoms with Crippen LogP contribution in [0.15, 0.2) is 36.4 Å². The maximum atomic E-state index is 12.8. The van der Waals surface area contributed by atoms with E-state index in [0.717, 1.165) is 5.56 Å². The third kappa shape index (κ3) is 1.69. The largest absolute Gasteiger partial charge is 0.507 e. The number of hydrogen-bond donors (Lipinski definition) is 3. The normalized spacial score (nSPS) is 13.0.